The lowest BCUT2D eigenvalue weighted by Gasteiger charge is -2.37. The number of benzene rings is 2. The molecule has 1 fully saturated rings. The summed E-state index contributed by atoms with van der Waals surface area (Å²) in [5.74, 6) is 1.65. The Morgan fingerprint density at radius 2 is 1.60 bits per heavy atom. The predicted molar refractivity (Wildman–Crippen MR) is 156 cm³/mol. The number of anilines is 2. The van der Waals surface area contributed by atoms with Gasteiger partial charge in [-0.05, 0) is 58.3 Å². The average molecular weight is 538 g/mol. The fraction of sp³-hybridized carbons (Fsp3) is 0.367. The van der Waals surface area contributed by atoms with E-state index in [1.54, 1.807) is 0 Å². The van der Waals surface area contributed by atoms with Crippen LogP contribution in [-0.4, -0.2) is 72.5 Å². The largest absolute Gasteiger partial charge is 0.391 e. The van der Waals surface area contributed by atoms with Gasteiger partial charge in [0.25, 0.3) is 0 Å². The molecule has 5 aromatic rings. The van der Waals surface area contributed by atoms with Crippen molar-refractivity contribution < 1.29 is 5.11 Å². The van der Waals surface area contributed by atoms with Gasteiger partial charge in [0.15, 0.2) is 0 Å². The van der Waals surface area contributed by atoms with Gasteiger partial charge in [-0.2, -0.15) is 0 Å². The van der Waals surface area contributed by atoms with E-state index >= 15 is 0 Å². The molecule has 3 aromatic heterocycles. The molecule has 40 heavy (non-hydrogen) atoms. The van der Waals surface area contributed by atoms with E-state index in [1.807, 2.05) is 12.3 Å². The molecule has 1 unspecified atom stereocenters. The van der Waals surface area contributed by atoms with Crippen molar-refractivity contribution in [3.63, 3.8) is 0 Å². The highest BCUT2D eigenvalue weighted by Crippen LogP contribution is 2.26. The van der Waals surface area contributed by atoms with E-state index in [-0.39, 0.29) is 0 Å². The number of piperazine rings is 1. The molecule has 0 aliphatic carbocycles. The number of nitrogens with zero attached hydrogens (tertiary/aromatic N) is 8. The van der Waals surface area contributed by atoms with Gasteiger partial charge in [-0.25, -0.2) is 9.67 Å². The number of rotatable bonds is 9. The molecule has 0 spiro atoms. The first-order valence-corrected chi connectivity index (χ1v) is 13.9. The summed E-state index contributed by atoms with van der Waals surface area (Å²) in [5, 5.41) is 21.3. The highest BCUT2D eigenvalue weighted by Gasteiger charge is 2.19. The van der Waals surface area contributed by atoms with Crippen LogP contribution < -0.4 is 9.80 Å². The van der Waals surface area contributed by atoms with Crippen LogP contribution in [0.15, 0.2) is 67.1 Å². The molecule has 10 nitrogen and oxygen atoms in total. The maximum atomic E-state index is 10.3. The highest BCUT2D eigenvalue weighted by atomic mass is 16.3. The van der Waals surface area contributed by atoms with Crippen LogP contribution >= 0.6 is 0 Å². The first-order valence-electron chi connectivity index (χ1n) is 13.9. The molecule has 10 heteroatoms. The lowest BCUT2D eigenvalue weighted by molar-refractivity contribution is 0.147. The van der Waals surface area contributed by atoms with Gasteiger partial charge in [0.05, 0.1) is 23.7 Å². The van der Waals surface area contributed by atoms with Crippen molar-refractivity contribution in [3.05, 3.63) is 78.6 Å². The molecule has 206 valence electrons. The Morgan fingerprint density at radius 1 is 0.875 bits per heavy atom. The number of fused-ring (bicyclic) bond motifs is 1. The lowest BCUT2D eigenvalue weighted by atomic mass is 10.1. The summed E-state index contributed by atoms with van der Waals surface area (Å²) in [6.07, 6.45) is 4.18. The van der Waals surface area contributed by atoms with E-state index in [4.69, 9.17) is 4.98 Å². The molecular weight excluding hydrogens is 502 g/mol. The molecule has 1 atom stereocenters. The van der Waals surface area contributed by atoms with Crippen molar-refractivity contribution in [2.75, 3.05) is 36.0 Å². The Hall–Kier alpha value is -4.31. The normalized spacial score (nSPS) is 14.8. The van der Waals surface area contributed by atoms with Crippen molar-refractivity contribution in [1.82, 2.24) is 35.2 Å². The van der Waals surface area contributed by atoms with Crippen LogP contribution in [0.3, 0.4) is 0 Å². The molecule has 2 aromatic carbocycles. The van der Waals surface area contributed by atoms with Crippen molar-refractivity contribution in [2.45, 2.75) is 39.3 Å². The third-order valence-corrected chi connectivity index (χ3v) is 7.39. The molecule has 2 N–H and O–H groups in total. The van der Waals surface area contributed by atoms with Crippen molar-refractivity contribution in [1.29, 1.82) is 0 Å². The van der Waals surface area contributed by atoms with E-state index < -0.39 is 6.10 Å². The number of H-pyrrole nitrogens is 1. The number of aliphatic hydroxyl groups excluding tert-OH is 1. The molecule has 0 bridgehead atoms. The van der Waals surface area contributed by atoms with Gasteiger partial charge in [-0.3, -0.25) is 4.98 Å². The number of pyridine rings is 1. The number of aliphatic hydroxyl groups is 1. The standard InChI is InChI=1S/C30H35N9O/c1-21(2)15-30-33-28-10-9-26(17-29(28)34-30)38-13-11-37(12-14-38)25-7-4-22(5-8-25)23-3-6-24(31-18-23)16-27(40)19-39-20-32-35-36-39/h3-10,17-18,20-21,27,40H,11-16,19H2,1-2H3,(H,33,34). The van der Waals surface area contributed by atoms with Crippen LogP contribution in [0.5, 0.6) is 0 Å². The van der Waals surface area contributed by atoms with Crippen molar-refractivity contribution in [3.8, 4) is 11.1 Å². The summed E-state index contributed by atoms with van der Waals surface area (Å²) in [5.41, 5.74) is 7.67. The first kappa shape index (κ1) is 25.9. The van der Waals surface area contributed by atoms with Crippen LogP contribution in [-0.2, 0) is 19.4 Å². The third-order valence-electron chi connectivity index (χ3n) is 7.39. The maximum absolute atomic E-state index is 10.3. The second kappa shape index (κ2) is 11.4. The second-order valence-corrected chi connectivity index (χ2v) is 10.9. The van der Waals surface area contributed by atoms with Crippen LogP contribution in [0.25, 0.3) is 22.2 Å². The molecule has 1 aliphatic heterocycles. The predicted octanol–water partition coefficient (Wildman–Crippen LogP) is 3.74. The Morgan fingerprint density at radius 3 is 2.27 bits per heavy atom. The molecule has 0 saturated carbocycles. The number of tetrazole rings is 1. The van der Waals surface area contributed by atoms with E-state index in [2.05, 4.69) is 97.7 Å². The second-order valence-electron chi connectivity index (χ2n) is 10.9. The topological polar surface area (TPSA) is 112 Å². The monoisotopic (exact) mass is 537 g/mol. The molecule has 1 aliphatic rings. The molecule has 0 amide bonds. The number of hydrogen-bond donors (Lipinski definition) is 2. The van der Waals surface area contributed by atoms with Gasteiger partial charge in [-0.15, -0.1) is 5.10 Å². The van der Waals surface area contributed by atoms with Crippen LogP contribution in [0, 0.1) is 5.92 Å². The third kappa shape index (κ3) is 5.96. The minimum absolute atomic E-state index is 0.338. The zero-order chi connectivity index (χ0) is 27.5. The summed E-state index contributed by atoms with van der Waals surface area (Å²) in [6.45, 7) is 8.68. The first-order chi connectivity index (χ1) is 19.5. The fourth-order valence-corrected chi connectivity index (χ4v) is 5.32. The number of hydrogen-bond acceptors (Lipinski definition) is 8. The summed E-state index contributed by atoms with van der Waals surface area (Å²) in [4.78, 5) is 17.7. The fourth-order valence-electron chi connectivity index (χ4n) is 5.32. The smallest absolute Gasteiger partial charge is 0.138 e. The molecule has 6 rings (SSSR count). The molecule has 4 heterocycles. The van der Waals surface area contributed by atoms with Gasteiger partial charge in [-0.1, -0.05) is 32.0 Å². The Labute approximate surface area is 233 Å². The molecule has 1 saturated heterocycles. The Bertz CT molecular complexity index is 1520. The van der Waals surface area contributed by atoms with E-state index in [9.17, 15) is 5.11 Å². The SMILES string of the molecule is CC(C)Cc1nc2ccc(N3CCN(c4ccc(-c5ccc(CC(O)Cn6cnnn6)nc5)cc4)CC3)cc2[nH]1. The summed E-state index contributed by atoms with van der Waals surface area (Å²) >= 11 is 0. The molecule has 0 radical (unpaired) electrons. The quantitative estimate of drug-likeness (QED) is 0.293. The maximum Gasteiger partial charge on any atom is 0.138 e. The number of aromatic nitrogens is 7. The lowest BCUT2D eigenvalue weighted by Crippen LogP contribution is -2.46. The summed E-state index contributed by atoms with van der Waals surface area (Å²) in [6, 6.07) is 19.3. The minimum Gasteiger partial charge on any atom is -0.391 e. The van der Waals surface area contributed by atoms with Crippen LogP contribution in [0.4, 0.5) is 11.4 Å². The van der Waals surface area contributed by atoms with E-state index in [0.29, 0.717) is 18.9 Å². The van der Waals surface area contributed by atoms with Gasteiger partial charge in [0.1, 0.15) is 12.2 Å². The van der Waals surface area contributed by atoms with Crippen LogP contribution in [0.2, 0.25) is 0 Å². The number of imidazole rings is 1. The zero-order valence-corrected chi connectivity index (χ0v) is 23.0. The van der Waals surface area contributed by atoms with Crippen molar-refractivity contribution in [2.24, 2.45) is 5.92 Å². The van der Waals surface area contributed by atoms with Gasteiger partial charge < -0.3 is 19.9 Å². The van der Waals surface area contributed by atoms with Gasteiger partial charge >= 0.3 is 0 Å². The summed E-state index contributed by atoms with van der Waals surface area (Å²) < 4.78 is 1.52. The zero-order valence-electron chi connectivity index (χ0n) is 23.0. The number of aromatic amines is 1. The van der Waals surface area contributed by atoms with Crippen LogP contribution in [0.1, 0.15) is 25.4 Å². The summed E-state index contributed by atoms with van der Waals surface area (Å²) in [7, 11) is 0. The number of nitrogens with one attached hydrogen (secondary N) is 1. The van der Waals surface area contributed by atoms with Crippen molar-refractivity contribution >= 4 is 22.4 Å². The molecular formula is C30H35N9O. The van der Waals surface area contributed by atoms with Gasteiger partial charge in [0.2, 0.25) is 0 Å². The highest BCUT2D eigenvalue weighted by molar-refractivity contribution is 5.80. The van der Waals surface area contributed by atoms with E-state index in [1.165, 1.54) is 22.4 Å². The Balaban J connectivity index is 1.04. The average Bonchev–Trinajstić information content (AvgIpc) is 3.62. The minimum atomic E-state index is -0.599. The Kier molecular flexibility index (Phi) is 7.41. The van der Waals surface area contributed by atoms with Gasteiger partial charge in [0, 0.05) is 67.8 Å². The van der Waals surface area contributed by atoms with E-state index in [0.717, 1.165) is 66.3 Å².